The number of benzene rings is 1. The third kappa shape index (κ3) is 4.44. The van der Waals surface area contributed by atoms with E-state index in [4.69, 9.17) is 4.98 Å². The molecule has 0 radical (unpaired) electrons. The molecule has 0 bridgehead atoms. The van der Waals surface area contributed by atoms with Crippen molar-refractivity contribution >= 4 is 16.9 Å². The summed E-state index contributed by atoms with van der Waals surface area (Å²) in [6.07, 6.45) is 3.84. The fourth-order valence-corrected chi connectivity index (χ4v) is 4.06. The maximum Gasteiger partial charge on any atom is 0.220 e. The molecule has 1 aliphatic rings. The molecule has 2 aromatic rings. The Morgan fingerprint density at radius 1 is 1.35 bits per heavy atom. The zero-order valence-corrected chi connectivity index (χ0v) is 16.3. The molecule has 0 aliphatic carbocycles. The average Bonchev–Trinajstić information content (AvgIpc) is 3.00. The Kier molecular flexibility index (Phi) is 6.30. The fourth-order valence-electron chi connectivity index (χ4n) is 4.06. The van der Waals surface area contributed by atoms with Crippen molar-refractivity contribution in [2.45, 2.75) is 52.5 Å². The maximum atomic E-state index is 12.3. The minimum absolute atomic E-state index is 0.162. The van der Waals surface area contributed by atoms with Gasteiger partial charge in [-0.15, -0.1) is 0 Å². The predicted octanol–water partition coefficient (Wildman–Crippen LogP) is 3.30. The van der Waals surface area contributed by atoms with Gasteiger partial charge in [-0.1, -0.05) is 19.1 Å². The lowest BCUT2D eigenvalue weighted by molar-refractivity contribution is -0.122. The second-order valence-corrected chi connectivity index (χ2v) is 7.87. The van der Waals surface area contributed by atoms with Crippen molar-refractivity contribution < 1.29 is 4.79 Å². The van der Waals surface area contributed by atoms with E-state index in [9.17, 15) is 4.79 Å². The topological polar surface area (TPSA) is 59.0 Å². The zero-order valence-electron chi connectivity index (χ0n) is 16.3. The molecule has 5 heteroatoms. The highest BCUT2D eigenvalue weighted by atomic mass is 16.1. The quantitative estimate of drug-likeness (QED) is 0.800. The predicted molar refractivity (Wildman–Crippen MR) is 106 cm³/mol. The first-order valence-electron chi connectivity index (χ1n) is 9.99. The number of amides is 1. The van der Waals surface area contributed by atoms with Gasteiger partial charge in [-0.05, 0) is 63.7 Å². The summed E-state index contributed by atoms with van der Waals surface area (Å²) >= 11 is 0. The molecule has 2 N–H and O–H groups in total. The Bertz CT molecular complexity index is 731. The highest BCUT2D eigenvalue weighted by molar-refractivity contribution is 5.77. The number of nitrogens with one attached hydrogen (secondary N) is 2. The number of fused-ring (bicyclic) bond motifs is 1. The van der Waals surface area contributed by atoms with Crippen molar-refractivity contribution in [1.82, 2.24) is 20.2 Å². The molecule has 1 amide bonds. The second-order valence-electron chi connectivity index (χ2n) is 7.87. The van der Waals surface area contributed by atoms with Crippen LogP contribution in [0.2, 0.25) is 0 Å². The van der Waals surface area contributed by atoms with Gasteiger partial charge in [0.25, 0.3) is 0 Å². The van der Waals surface area contributed by atoms with Gasteiger partial charge in [0.1, 0.15) is 5.82 Å². The molecule has 142 valence electrons. The number of piperidine rings is 1. The van der Waals surface area contributed by atoms with E-state index in [1.165, 1.54) is 18.4 Å². The van der Waals surface area contributed by atoms with Gasteiger partial charge in [0, 0.05) is 25.4 Å². The van der Waals surface area contributed by atoms with Crippen LogP contribution in [0.4, 0.5) is 0 Å². The number of para-hydroxylation sites is 2. The van der Waals surface area contributed by atoms with E-state index >= 15 is 0 Å². The lowest BCUT2D eigenvalue weighted by Gasteiger charge is -2.28. The Morgan fingerprint density at radius 2 is 2.15 bits per heavy atom. The monoisotopic (exact) mass is 356 g/mol. The maximum absolute atomic E-state index is 12.3. The fraction of sp³-hybridized carbons (Fsp3) is 0.619. The number of nitrogens with zero attached hydrogens (tertiary/aromatic N) is 2. The molecule has 0 saturated carbocycles. The summed E-state index contributed by atoms with van der Waals surface area (Å²) in [6.45, 7) is 9.37. The minimum atomic E-state index is 0.162. The van der Waals surface area contributed by atoms with Gasteiger partial charge in [-0.25, -0.2) is 4.98 Å². The lowest BCUT2D eigenvalue weighted by atomic mass is 9.85. The van der Waals surface area contributed by atoms with Crippen LogP contribution in [0.15, 0.2) is 24.3 Å². The van der Waals surface area contributed by atoms with Crippen LogP contribution in [0, 0.1) is 11.8 Å². The third-order valence-electron chi connectivity index (χ3n) is 5.50. The highest BCUT2D eigenvalue weighted by Gasteiger charge is 2.22. The van der Waals surface area contributed by atoms with Crippen LogP contribution in [0.3, 0.4) is 0 Å². The summed E-state index contributed by atoms with van der Waals surface area (Å²) in [5.41, 5.74) is 2.20. The van der Waals surface area contributed by atoms with Gasteiger partial charge in [-0.2, -0.15) is 0 Å². The van der Waals surface area contributed by atoms with Gasteiger partial charge < -0.3 is 15.2 Å². The van der Waals surface area contributed by atoms with Crippen LogP contribution < -0.4 is 10.6 Å². The zero-order chi connectivity index (χ0) is 18.5. The van der Waals surface area contributed by atoms with Gasteiger partial charge >= 0.3 is 0 Å². The molecule has 2 heterocycles. The second kappa shape index (κ2) is 8.67. The van der Waals surface area contributed by atoms with Crippen LogP contribution in [-0.2, 0) is 11.2 Å². The number of aromatic nitrogens is 2. The molecule has 1 aromatic heterocycles. The van der Waals surface area contributed by atoms with Crippen molar-refractivity contribution in [2.24, 2.45) is 11.8 Å². The summed E-state index contributed by atoms with van der Waals surface area (Å²) in [6, 6.07) is 8.59. The smallest absolute Gasteiger partial charge is 0.220 e. The van der Waals surface area contributed by atoms with Gasteiger partial charge in [0.2, 0.25) is 5.91 Å². The molecule has 1 aliphatic heterocycles. The summed E-state index contributed by atoms with van der Waals surface area (Å²) < 4.78 is 2.28. The molecule has 1 fully saturated rings. The van der Waals surface area contributed by atoms with Crippen molar-refractivity contribution in [3.63, 3.8) is 0 Å². The first kappa shape index (κ1) is 18.9. The molecular formula is C21H32N4O. The standard InChI is InChI=1S/C21H32N4O/c1-15(2)25-19-9-5-4-8-18(19)24-20(25)10-12-23-21(26)13-16(3)17-7-6-11-22-14-17/h4-5,8-9,15-17,22H,6-7,10-14H2,1-3H3,(H,23,26). The largest absolute Gasteiger partial charge is 0.356 e. The Morgan fingerprint density at radius 3 is 2.88 bits per heavy atom. The summed E-state index contributed by atoms with van der Waals surface area (Å²) in [5.74, 6) is 2.27. The molecule has 0 spiro atoms. The van der Waals surface area contributed by atoms with Crippen LogP contribution in [0.25, 0.3) is 11.0 Å². The van der Waals surface area contributed by atoms with Crippen molar-refractivity contribution in [2.75, 3.05) is 19.6 Å². The summed E-state index contributed by atoms with van der Waals surface area (Å²) in [7, 11) is 0. The van der Waals surface area contributed by atoms with Gasteiger partial charge in [-0.3, -0.25) is 4.79 Å². The molecule has 3 rings (SSSR count). The van der Waals surface area contributed by atoms with E-state index in [1.807, 2.05) is 6.07 Å². The molecule has 5 nitrogen and oxygen atoms in total. The van der Waals surface area contributed by atoms with E-state index in [2.05, 4.69) is 54.2 Å². The molecule has 1 aromatic carbocycles. The Labute approximate surface area is 156 Å². The SMILES string of the molecule is CC(CC(=O)NCCc1nc2ccccc2n1C(C)C)C1CCCNC1. The summed E-state index contributed by atoms with van der Waals surface area (Å²) in [5, 5.41) is 6.54. The minimum Gasteiger partial charge on any atom is -0.356 e. The molecular weight excluding hydrogens is 324 g/mol. The van der Waals surface area contributed by atoms with E-state index in [0.717, 1.165) is 30.9 Å². The summed E-state index contributed by atoms with van der Waals surface area (Å²) in [4.78, 5) is 17.1. The number of imidazole rings is 1. The lowest BCUT2D eigenvalue weighted by Crippen LogP contribution is -2.36. The number of hydrogen-bond donors (Lipinski definition) is 2. The first-order chi connectivity index (χ1) is 12.6. The van der Waals surface area contributed by atoms with Crippen molar-refractivity contribution in [3.05, 3.63) is 30.1 Å². The van der Waals surface area contributed by atoms with E-state index in [-0.39, 0.29) is 5.91 Å². The van der Waals surface area contributed by atoms with Crippen LogP contribution >= 0.6 is 0 Å². The van der Waals surface area contributed by atoms with Crippen LogP contribution in [0.5, 0.6) is 0 Å². The van der Waals surface area contributed by atoms with Crippen LogP contribution in [0.1, 0.15) is 51.9 Å². The Balaban J connectivity index is 1.53. The van der Waals surface area contributed by atoms with Crippen molar-refractivity contribution in [1.29, 1.82) is 0 Å². The van der Waals surface area contributed by atoms with Crippen molar-refractivity contribution in [3.8, 4) is 0 Å². The molecule has 1 saturated heterocycles. The normalized spacial score (nSPS) is 19.0. The molecule has 2 atom stereocenters. The van der Waals surface area contributed by atoms with Crippen LogP contribution in [-0.4, -0.2) is 35.1 Å². The van der Waals surface area contributed by atoms with Gasteiger partial charge in [0.15, 0.2) is 0 Å². The number of carbonyl (C=O) groups excluding carboxylic acids is 1. The highest BCUT2D eigenvalue weighted by Crippen LogP contribution is 2.23. The molecule has 2 unspecified atom stereocenters. The third-order valence-corrected chi connectivity index (χ3v) is 5.50. The van der Waals surface area contributed by atoms with E-state index in [0.29, 0.717) is 30.8 Å². The first-order valence-corrected chi connectivity index (χ1v) is 9.99. The average molecular weight is 357 g/mol. The number of carbonyl (C=O) groups is 1. The number of rotatable bonds is 7. The van der Waals surface area contributed by atoms with E-state index in [1.54, 1.807) is 0 Å². The van der Waals surface area contributed by atoms with Gasteiger partial charge in [0.05, 0.1) is 11.0 Å². The number of hydrogen-bond acceptors (Lipinski definition) is 3. The molecule has 26 heavy (non-hydrogen) atoms. The van der Waals surface area contributed by atoms with E-state index < -0.39 is 0 Å². The Hall–Kier alpha value is -1.88.